The third kappa shape index (κ3) is 3.33. The number of furan rings is 1. The van der Waals surface area contributed by atoms with Gasteiger partial charge in [-0.2, -0.15) is 0 Å². The number of benzene rings is 1. The Balaban J connectivity index is 2.11. The van der Waals surface area contributed by atoms with Crippen molar-refractivity contribution in [1.82, 2.24) is 5.32 Å². The molecule has 1 heterocycles. The lowest BCUT2D eigenvalue weighted by atomic mass is 10.0. The number of amides is 1. The van der Waals surface area contributed by atoms with Crippen molar-refractivity contribution in [2.45, 2.75) is 26.4 Å². The number of aliphatic hydroxyl groups is 1. The number of carbonyl (C=O) groups is 1. The maximum absolute atomic E-state index is 13.7. The molecule has 1 aromatic carbocycles. The zero-order valence-corrected chi connectivity index (χ0v) is 12.5. The second kappa shape index (κ2) is 5.88. The molecule has 0 aliphatic heterocycles. The Hall–Kier alpha value is -2.21. The van der Waals surface area contributed by atoms with Crippen LogP contribution in [0.3, 0.4) is 0 Å². The van der Waals surface area contributed by atoms with Crippen molar-refractivity contribution >= 4 is 5.91 Å². The summed E-state index contributed by atoms with van der Waals surface area (Å²) >= 11 is 0. The van der Waals surface area contributed by atoms with Gasteiger partial charge in [-0.1, -0.05) is 0 Å². The van der Waals surface area contributed by atoms with Gasteiger partial charge < -0.3 is 14.8 Å². The highest BCUT2D eigenvalue weighted by Crippen LogP contribution is 2.22. The first-order valence-electron chi connectivity index (χ1n) is 6.74. The predicted molar refractivity (Wildman–Crippen MR) is 76.4 cm³/mol. The summed E-state index contributed by atoms with van der Waals surface area (Å²) in [6.07, 6.45) is 0. The summed E-state index contributed by atoms with van der Waals surface area (Å²) in [7, 11) is 0. The van der Waals surface area contributed by atoms with Crippen LogP contribution in [-0.2, 0) is 5.60 Å². The van der Waals surface area contributed by atoms with Crippen LogP contribution in [0.4, 0.5) is 8.78 Å². The van der Waals surface area contributed by atoms with Crippen molar-refractivity contribution in [3.05, 3.63) is 58.5 Å². The molecule has 0 saturated heterocycles. The Bertz CT molecular complexity index is 707. The van der Waals surface area contributed by atoms with E-state index in [2.05, 4.69) is 5.32 Å². The van der Waals surface area contributed by atoms with Crippen LogP contribution in [0.25, 0.3) is 0 Å². The first-order valence-corrected chi connectivity index (χ1v) is 6.74. The Labute approximate surface area is 126 Å². The molecule has 22 heavy (non-hydrogen) atoms. The number of carbonyl (C=O) groups excluding carboxylic acids is 1. The van der Waals surface area contributed by atoms with E-state index in [1.807, 2.05) is 0 Å². The lowest BCUT2D eigenvalue weighted by Gasteiger charge is -2.21. The van der Waals surface area contributed by atoms with E-state index >= 15 is 0 Å². The van der Waals surface area contributed by atoms with Gasteiger partial charge in [0, 0.05) is 0 Å². The van der Waals surface area contributed by atoms with Crippen LogP contribution in [0.5, 0.6) is 0 Å². The fourth-order valence-electron chi connectivity index (χ4n) is 1.98. The molecule has 0 spiro atoms. The second-order valence-corrected chi connectivity index (χ2v) is 5.45. The zero-order chi connectivity index (χ0) is 16.5. The molecule has 0 saturated carbocycles. The number of aryl methyl sites for hydroxylation is 2. The van der Waals surface area contributed by atoms with Gasteiger partial charge >= 0.3 is 0 Å². The summed E-state index contributed by atoms with van der Waals surface area (Å²) in [5, 5.41) is 12.7. The molecular formula is C16H17F2NO3. The maximum Gasteiger partial charge on any atom is 0.254 e. The van der Waals surface area contributed by atoms with Gasteiger partial charge in [-0.3, -0.25) is 4.79 Å². The lowest BCUT2D eigenvalue weighted by molar-refractivity contribution is 0.0322. The molecule has 1 amide bonds. The molecule has 0 aliphatic rings. The Morgan fingerprint density at radius 3 is 2.55 bits per heavy atom. The Morgan fingerprint density at radius 1 is 1.27 bits per heavy atom. The van der Waals surface area contributed by atoms with E-state index in [0.29, 0.717) is 5.76 Å². The van der Waals surface area contributed by atoms with Crippen molar-refractivity contribution < 1.29 is 23.1 Å². The smallest absolute Gasteiger partial charge is 0.254 e. The average molecular weight is 309 g/mol. The zero-order valence-electron chi connectivity index (χ0n) is 12.5. The topological polar surface area (TPSA) is 62.5 Å². The summed E-state index contributed by atoms with van der Waals surface area (Å²) < 4.78 is 32.5. The van der Waals surface area contributed by atoms with E-state index in [4.69, 9.17) is 4.42 Å². The highest BCUT2D eigenvalue weighted by Gasteiger charge is 2.28. The number of hydrogen-bond acceptors (Lipinski definition) is 3. The van der Waals surface area contributed by atoms with Crippen molar-refractivity contribution in [2.75, 3.05) is 6.54 Å². The molecule has 2 rings (SSSR count). The van der Waals surface area contributed by atoms with Crippen LogP contribution >= 0.6 is 0 Å². The molecule has 0 bridgehead atoms. The third-order valence-corrected chi connectivity index (χ3v) is 3.36. The first kappa shape index (κ1) is 16.2. The predicted octanol–water partition coefficient (Wildman–Crippen LogP) is 2.81. The molecule has 0 aliphatic carbocycles. The molecule has 1 atom stereocenters. The van der Waals surface area contributed by atoms with Crippen LogP contribution in [0.15, 0.2) is 28.7 Å². The summed E-state index contributed by atoms with van der Waals surface area (Å²) in [6, 6.07) is 5.07. The third-order valence-electron chi connectivity index (χ3n) is 3.36. The lowest BCUT2D eigenvalue weighted by Crippen LogP contribution is -2.38. The molecule has 1 aromatic heterocycles. The molecular weight excluding hydrogens is 292 g/mol. The highest BCUT2D eigenvalue weighted by atomic mass is 19.1. The molecule has 1 unspecified atom stereocenters. The summed E-state index contributed by atoms with van der Waals surface area (Å²) in [4.78, 5) is 12.0. The fraction of sp³-hybridized carbons (Fsp3) is 0.312. The maximum atomic E-state index is 13.7. The number of rotatable bonds is 4. The largest absolute Gasteiger partial charge is 0.463 e. The Kier molecular flexibility index (Phi) is 4.32. The summed E-state index contributed by atoms with van der Waals surface area (Å²) in [6.45, 7) is 4.39. The second-order valence-electron chi connectivity index (χ2n) is 5.45. The number of hydrogen-bond donors (Lipinski definition) is 2. The Morgan fingerprint density at radius 2 is 1.95 bits per heavy atom. The number of halogens is 2. The molecule has 118 valence electrons. The highest BCUT2D eigenvalue weighted by molar-refractivity contribution is 5.94. The van der Waals surface area contributed by atoms with E-state index in [-0.39, 0.29) is 17.9 Å². The van der Waals surface area contributed by atoms with Gasteiger partial charge in [0.25, 0.3) is 5.91 Å². The minimum absolute atomic E-state index is 0.118. The van der Waals surface area contributed by atoms with Crippen LogP contribution in [0.1, 0.15) is 34.4 Å². The van der Waals surface area contributed by atoms with E-state index in [1.165, 1.54) is 13.8 Å². The van der Waals surface area contributed by atoms with E-state index in [0.717, 1.165) is 12.1 Å². The number of nitrogens with one attached hydrogen (secondary N) is 1. The van der Waals surface area contributed by atoms with E-state index < -0.39 is 28.7 Å². The van der Waals surface area contributed by atoms with E-state index in [9.17, 15) is 18.7 Å². The van der Waals surface area contributed by atoms with Crippen LogP contribution in [0, 0.1) is 25.5 Å². The molecule has 6 heteroatoms. The van der Waals surface area contributed by atoms with Gasteiger partial charge in [0.1, 0.15) is 28.8 Å². The normalized spacial score (nSPS) is 13.7. The quantitative estimate of drug-likeness (QED) is 0.913. The van der Waals surface area contributed by atoms with Crippen molar-refractivity contribution in [3.63, 3.8) is 0 Å². The van der Waals surface area contributed by atoms with Crippen LogP contribution in [-0.4, -0.2) is 17.6 Å². The molecule has 0 fully saturated rings. The van der Waals surface area contributed by atoms with Gasteiger partial charge in [-0.05, 0) is 50.6 Å². The average Bonchev–Trinajstić information content (AvgIpc) is 2.88. The molecule has 4 nitrogen and oxygen atoms in total. The van der Waals surface area contributed by atoms with Crippen LogP contribution < -0.4 is 5.32 Å². The minimum Gasteiger partial charge on any atom is -0.463 e. The minimum atomic E-state index is -1.45. The molecule has 0 radical (unpaired) electrons. The fourth-order valence-corrected chi connectivity index (χ4v) is 1.98. The van der Waals surface area contributed by atoms with Gasteiger partial charge in [0.15, 0.2) is 0 Å². The summed E-state index contributed by atoms with van der Waals surface area (Å²) in [5.74, 6) is -1.39. The van der Waals surface area contributed by atoms with Crippen molar-refractivity contribution in [1.29, 1.82) is 0 Å². The van der Waals surface area contributed by atoms with Gasteiger partial charge in [-0.15, -0.1) is 0 Å². The summed E-state index contributed by atoms with van der Waals surface area (Å²) in [5.41, 5.74) is -1.74. The van der Waals surface area contributed by atoms with Crippen molar-refractivity contribution in [2.24, 2.45) is 0 Å². The van der Waals surface area contributed by atoms with Crippen LogP contribution in [0.2, 0.25) is 0 Å². The first-order chi connectivity index (χ1) is 10.2. The molecule has 2 N–H and O–H groups in total. The van der Waals surface area contributed by atoms with E-state index in [1.54, 1.807) is 19.1 Å². The van der Waals surface area contributed by atoms with Gasteiger partial charge in [0.2, 0.25) is 0 Å². The van der Waals surface area contributed by atoms with Gasteiger partial charge in [0.05, 0.1) is 12.1 Å². The van der Waals surface area contributed by atoms with Gasteiger partial charge in [-0.25, -0.2) is 8.78 Å². The van der Waals surface area contributed by atoms with Crippen molar-refractivity contribution in [3.8, 4) is 0 Å². The molecule has 2 aromatic rings. The monoisotopic (exact) mass is 309 g/mol. The standard InChI is InChI=1S/C16H17F2NO3/c1-9-6-13(18)11(7-12(9)17)15(20)19-8-16(3,21)14-5-4-10(2)22-14/h4-7,21H,8H2,1-3H3,(H,19,20). The SMILES string of the molecule is Cc1ccc(C(C)(O)CNC(=O)c2cc(F)c(C)cc2F)o1.